The lowest BCUT2D eigenvalue weighted by Crippen LogP contribution is -2.27. The highest BCUT2D eigenvalue weighted by atomic mass is 16.5. The van der Waals surface area contributed by atoms with E-state index in [1.807, 2.05) is 18.2 Å². The molecule has 1 aliphatic heterocycles. The number of hydrogen-bond donors (Lipinski definition) is 1. The van der Waals surface area contributed by atoms with Crippen molar-refractivity contribution in [3.05, 3.63) is 65.5 Å². The topological polar surface area (TPSA) is 76.1 Å². The summed E-state index contributed by atoms with van der Waals surface area (Å²) in [5.41, 5.74) is 1.65. The van der Waals surface area contributed by atoms with Gasteiger partial charge >= 0.3 is 11.9 Å². The van der Waals surface area contributed by atoms with Gasteiger partial charge in [0.05, 0.1) is 19.8 Å². The lowest BCUT2D eigenvalue weighted by Gasteiger charge is -2.25. The zero-order valence-electron chi connectivity index (χ0n) is 13.6. The average Bonchev–Trinajstić information content (AvgIpc) is 2.84. The Hall–Kier alpha value is -2.86. The van der Waals surface area contributed by atoms with Crippen LogP contribution in [0, 0.1) is 0 Å². The number of carbonyl (C=O) groups excluding carboxylic acids is 2. The maximum absolute atomic E-state index is 12.4. The molecule has 1 heterocycles. The van der Waals surface area contributed by atoms with Crippen molar-refractivity contribution in [1.82, 2.24) is 0 Å². The number of carbonyl (C=O) groups is 2. The number of hydrogen-bond acceptors (Lipinski definition) is 6. The first-order valence-electron chi connectivity index (χ1n) is 7.37. The largest absolute Gasteiger partial charge is 0.465 e. The molecule has 6 heteroatoms. The molecule has 24 heavy (non-hydrogen) atoms. The number of anilines is 1. The minimum atomic E-state index is -0.662. The predicted molar refractivity (Wildman–Crippen MR) is 89.0 cm³/mol. The van der Waals surface area contributed by atoms with Crippen LogP contribution < -0.4 is 4.90 Å². The second kappa shape index (κ2) is 8.12. The van der Waals surface area contributed by atoms with Crippen molar-refractivity contribution in [2.75, 3.05) is 25.7 Å². The summed E-state index contributed by atoms with van der Waals surface area (Å²) in [6, 6.07) is 7.31. The first kappa shape index (κ1) is 17.5. The second-order valence-electron chi connectivity index (χ2n) is 4.92. The highest BCUT2D eigenvalue weighted by molar-refractivity contribution is 6.05. The van der Waals surface area contributed by atoms with Gasteiger partial charge in [0, 0.05) is 18.5 Å². The Morgan fingerprint density at radius 1 is 1.08 bits per heavy atom. The number of allylic oxidation sites excluding steroid dienone is 2. The van der Waals surface area contributed by atoms with E-state index in [-0.39, 0.29) is 17.9 Å². The molecule has 0 aromatic heterocycles. The van der Waals surface area contributed by atoms with E-state index in [4.69, 9.17) is 9.47 Å². The van der Waals surface area contributed by atoms with Gasteiger partial charge in [-0.25, -0.2) is 9.59 Å². The molecule has 0 bridgehead atoms. The van der Waals surface area contributed by atoms with E-state index < -0.39 is 11.9 Å². The standard InChI is InChI=1S/C18H19NO5/c1-23-17(21)14-8-5-6-11-19(16(14)18(22)24-2)15-9-4-3-7-13(15)10-12-20/h3-9,11,20H,10,12H2,1-2H3. The molecule has 2 rings (SSSR count). The van der Waals surface area contributed by atoms with Crippen LogP contribution in [0.5, 0.6) is 0 Å². The van der Waals surface area contributed by atoms with Crippen molar-refractivity contribution in [3.63, 3.8) is 0 Å². The molecule has 0 saturated heterocycles. The molecular weight excluding hydrogens is 310 g/mol. The Morgan fingerprint density at radius 2 is 1.79 bits per heavy atom. The molecule has 0 saturated carbocycles. The van der Waals surface area contributed by atoms with Crippen LogP contribution in [0.4, 0.5) is 5.69 Å². The number of methoxy groups -OCH3 is 2. The lowest BCUT2D eigenvalue weighted by atomic mass is 10.1. The quantitative estimate of drug-likeness (QED) is 0.829. The van der Waals surface area contributed by atoms with Crippen molar-refractivity contribution < 1.29 is 24.2 Å². The van der Waals surface area contributed by atoms with Crippen LogP contribution >= 0.6 is 0 Å². The minimum Gasteiger partial charge on any atom is -0.465 e. The molecule has 0 atom stereocenters. The number of rotatable bonds is 5. The fourth-order valence-electron chi connectivity index (χ4n) is 2.43. The number of ether oxygens (including phenoxy) is 2. The van der Waals surface area contributed by atoms with Crippen molar-refractivity contribution in [1.29, 1.82) is 0 Å². The number of aliphatic hydroxyl groups is 1. The van der Waals surface area contributed by atoms with Gasteiger partial charge in [-0.15, -0.1) is 0 Å². The number of nitrogens with zero attached hydrogens (tertiary/aromatic N) is 1. The second-order valence-corrected chi connectivity index (χ2v) is 4.92. The van der Waals surface area contributed by atoms with E-state index in [1.54, 1.807) is 29.3 Å². The van der Waals surface area contributed by atoms with Crippen molar-refractivity contribution in [2.24, 2.45) is 0 Å². The molecule has 0 fully saturated rings. The SMILES string of the molecule is COC(=O)C1=C(C(=O)OC)N(c2ccccc2CCO)C=CC=C1. The summed E-state index contributed by atoms with van der Waals surface area (Å²) in [6.07, 6.45) is 6.92. The van der Waals surface area contributed by atoms with Crippen LogP contribution in [0.1, 0.15) is 5.56 Å². The Labute approximate surface area is 140 Å². The smallest absolute Gasteiger partial charge is 0.355 e. The maximum atomic E-state index is 12.4. The molecule has 0 radical (unpaired) electrons. The molecule has 0 unspecified atom stereocenters. The maximum Gasteiger partial charge on any atom is 0.355 e. The van der Waals surface area contributed by atoms with E-state index in [0.717, 1.165) is 5.56 Å². The number of aliphatic hydroxyl groups excluding tert-OH is 1. The van der Waals surface area contributed by atoms with Crippen LogP contribution in [0.15, 0.2) is 60.0 Å². The molecule has 1 aromatic carbocycles. The summed E-state index contributed by atoms with van der Waals surface area (Å²) in [6.45, 7) is -0.0338. The van der Waals surface area contributed by atoms with Gasteiger partial charge in [-0.1, -0.05) is 24.3 Å². The van der Waals surface area contributed by atoms with E-state index in [0.29, 0.717) is 12.1 Å². The van der Waals surface area contributed by atoms with Crippen LogP contribution in [0.3, 0.4) is 0 Å². The van der Waals surface area contributed by atoms with E-state index >= 15 is 0 Å². The van der Waals surface area contributed by atoms with Crippen molar-refractivity contribution >= 4 is 17.6 Å². The van der Waals surface area contributed by atoms with Crippen LogP contribution in [-0.2, 0) is 25.5 Å². The Kier molecular flexibility index (Phi) is 5.92. The fraction of sp³-hybridized carbons (Fsp3) is 0.222. The monoisotopic (exact) mass is 329 g/mol. The number of esters is 2. The van der Waals surface area contributed by atoms with Crippen LogP contribution in [0.25, 0.3) is 0 Å². The fourth-order valence-corrected chi connectivity index (χ4v) is 2.43. The first-order chi connectivity index (χ1) is 11.6. The van der Waals surface area contributed by atoms with Crippen molar-refractivity contribution in [3.8, 4) is 0 Å². The van der Waals surface area contributed by atoms with Gasteiger partial charge in [0.15, 0.2) is 0 Å². The molecule has 0 amide bonds. The van der Waals surface area contributed by atoms with Gasteiger partial charge in [-0.2, -0.15) is 0 Å². The van der Waals surface area contributed by atoms with Crippen molar-refractivity contribution in [2.45, 2.75) is 6.42 Å². The molecule has 1 aliphatic rings. The molecule has 126 valence electrons. The van der Waals surface area contributed by atoms with Gasteiger partial charge in [-0.3, -0.25) is 0 Å². The lowest BCUT2D eigenvalue weighted by molar-refractivity contribution is -0.139. The third kappa shape index (κ3) is 3.55. The normalized spacial score (nSPS) is 13.7. The summed E-state index contributed by atoms with van der Waals surface area (Å²) >= 11 is 0. The van der Waals surface area contributed by atoms with Crippen LogP contribution in [-0.4, -0.2) is 37.9 Å². The van der Waals surface area contributed by atoms with E-state index in [2.05, 4.69) is 0 Å². The van der Waals surface area contributed by atoms with Crippen LogP contribution in [0.2, 0.25) is 0 Å². The molecule has 0 aliphatic carbocycles. The number of benzene rings is 1. The Balaban J connectivity index is 2.66. The van der Waals surface area contributed by atoms with Gasteiger partial charge in [-0.05, 0) is 30.2 Å². The first-order valence-corrected chi connectivity index (χ1v) is 7.37. The highest BCUT2D eigenvalue weighted by Crippen LogP contribution is 2.29. The average molecular weight is 329 g/mol. The minimum absolute atomic E-state index is 0.0338. The summed E-state index contributed by atoms with van der Waals surface area (Å²) < 4.78 is 9.64. The summed E-state index contributed by atoms with van der Waals surface area (Å²) in [5, 5.41) is 9.27. The summed E-state index contributed by atoms with van der Waals surface area (Å²) in [4.78, 5) is 26.0. The number of para-hydroxylation sites is 1. The highest BCUT2D eigenvalue weighted by Gasteiger charge is 2.28. The van der Waals surface area contributed by atoms with Gasteiger partial charge in [0.25, 0.3) is 0 Å². The third-order valence-corrected chi connectivity index (χ3v) is 3.52. The Bertz CT molecular complexity index is 718. The zero-order valence-corrected chi connectivity index (χ0v) is 13.6. The predicted octanol–water partition coefficient (Wildman–Crippen LogP) is 1.71. The van der Waals surface area contributed by atoms with Gasteiger partial charge in [0.2, 0.25) is 0 Å². The molecule has 1 aromatic rings. The Morgan fingerprint density at radius 3 is 2.46 bits per heavy atom. The summed E-state index contributed by atoms with van der Waals surface area (Å²) in [7, 11) is 2.50. The molecule has 0 spiro atoms. The molecule has 6 nitrogen and oxygen atoms in total. The molecular formula is C18H19NO5. The third-order valence-electron chi connectivity index (χ3n) is 3.52. The molecule has 1 N–H and O–H groups in total. The summed E-state index contributed by atoms with van der Waals surface area (Å²) in [5.74, 6) is -1.30. The zero-order chi connectivity index (χ0) is 17.5. The van der Waals surface area contributed by atoms with E-state index in [1.165, 1.54) is 20.3 Å². The van der Waals surface area contributed by atoms with E-state index in [9.17, 15) is 14.7 Å². The van der Waals surface area contributed by atoms with Gasteiger partial charge < -0.3 is 19.5 Å². The van der Waals surface area contributed by atoms with Gasteiger partial charge in [0.1, 0.15) is 5.70 Å².